The van der Waals surface area contributed by atoms with E-state index in [0.717, 1.165) is 19.5 Å². The van der Waals surface area contributed by atoms with E-state index < -0.39 is 0 Å². The molecule has 1 saturated heterocycles. The predicted octanol–water partition coefficient (Wildman–Crippen LogP) is 1.29. The lowest BCUT2D eigenvalue weighted by Crippen LogP contribution is -2.44. The highest BCUT2D eigenvalue weighted by Crippen LogP contribution is 2.11. The third-order valence-corrected chi connectivity index (χ3v) is 4.06. The Morgan fingerprint density at radius 3 is 2.62 bits per heavy atom. The van der Waals surface area contributed by atoms with Gasteiger partial charge in [-0.25, -0.2) is 0 Å². The van der Waals surface area contributed by atoms with E-state index in [4.69, 9.17) is 9.84 Å². The molecule has 4 heteroatoms. The summed E-state index contributed by atoms with van der Waals surface area (Å²) in [7, 11) is 0. The molecule has 0 radical (unpaired) electrons. The molecule has 0 unspecified atom stereocenters. The lowest BCUT2D eigenvalue weighted by Gasteiger charge is -2.32. The fraction of sp³-hybridized carbons (Fsp3) is 0.647. The second kappa shape index (κ2) is 9.90. The van der Waals surface area contributed by atoms with Crippen molar-refractivity contribution >= 4 is 0 Å². The van der Waals surface area contributed by atoms with Crippen molar-refractivity contribution < 1.29 is 9.84 Å². The second-order valence-electron chi connectivity index (χ2n) is 5.64. The molecule has 0 aromatic heterocycles. The van der Waals surface area contributed by atoms with E-state index >= 15 is 0 Å². The summed E-state index contributed by atoms with van der Waals surface area (Å²) in [5.41, 5.74) is 1.43. The van der Waals surface area contributed by atoms with Crippen LogP contribution in [0.15, 0.2) is 30.3 Å². The van der Waals surface area contributed by atoms with Crippen LogP contribution in [0, 0.1) is 0 Å². The average molecular weight is 292 g/mol. The summed E-state index contributed by atoms with van der Waals surface area (Å²) >= 11 is 0. The van der Waals surface area contributed by atoms with Gasteiger partial charge >= 0.3 is 0 Å². The van der Waals surface area contributed by atoms with Gasteiger partial charge in [0, 0.05) is 19.1 Å². The number of rotatable bonds is 9. The number of aliphatic hydroxyl groups is 1. The van der Waals surface area contributed by atoms with E-state index in [1.165, 1.54) is 31.5 Å². The standard InChI is InChI=1S/C17H28N2O2/c20-13-15-21-14-9-18-17-7-11-19(12-8-17)10-6-16-4-2-1-3-5-16/h1-5,17-18,20H,6-15H2. The van der Waals surface area contributed by atoms with Gasteiger partial charge in [-0.05, 0) is 37.9 Å². The number of piperidine rings is 1. The normalized spacial score (nSPS) is 17.2. The lowest BCUT2D eigenvalue weighted by atomic mass is 10.0. The largest absolute Gasteiger partial charge is 0.394 e. The van der Waals surface area contributed by atoms with Crippen LogP contribution < -0.4 is 5.32 Å². The molecule has 118 valence electrons. The van der Waals surface area contributed by atoms with E-state index in [9.17, 15) is 0 Å². The molecule has 0 bridgehead atoms. The van der Waals surface area contributed by atoms with Gasteiger partial charge < -0.3 is 20.1 Å². The van der Waals surface area contributed by atoms with Crippen LogP contribution in [0.3, 0.4) is 0 Å². The van der Waals surface area contributed by atoms with Gasteiger partial charge in [-0.3, -0.25) is 0 Å². The lowest BCUT2D eigenvalue weighted by molar-refractivity contribution is 0.0903. The topological polar surface area (TPSA) is 44.7 Å². The summed E-state index contributed by atoms with van der Waals surface area (Å²) in [6.07, 6.45) is 3.58. The zero-order chi connectivity index (χ0) is 14.8. The van der Waals surface area contributed by atoms with Crippen molar-refractivity contribution in [3.8, 4) is 0 Å². The number of nitrogens with zero attached hydrogens (tertiary/aromatic N) is 1. The molecule has 0 saturated carbocycles. The molecule has 0 amide bonds. The quantitative estimate of drug-likeness (QED) is 0.673. The molecule has 21 heavy (non-hydrogen) atoms. The van der Waals surface area contributed by atoms with Crippen LogP contribution in [0.2, 0.25) is 0 Å². The number of ether oxygens (including phenoxy) is 1. The molecule has 1 aromatic carbocycles. The smallest absolute Gasteiger partial charge is 0.0698 e. The molecule has 2 rings (SSSR count). The van der Waals surface area contributed by atoms with Crippen molar-refractivity contribution in [2.24, 2.45) is 0 Å². The first-order chi connectivity index (χ1) is 10.4. The maximum Gasteiger partial charge on any atom is 0.0698 e. The van der Waals surface area contributed by atoms with Gasteiger partial charge in [0.15, 0.2) is 0 Å². The number of hydrogen-bond acceptors (Lipinski definition) is 4. The first-order valence-electron chi connectivity index (χ1n) is 8.07. The Morgan fingerprint density at radius 1 is 1.14 bits per heavy atom. The van der Waals surface area contributed by atoms with Gasteiger partial charge in [0.2, 0.25) is 0 Å². The third-order valence-electron chi connectivity index (χ3n) is 4.06. The fourth-order valence-corrected chi connectivity index (χ4v) is 2.79. The highest BCUT2D eigenvalue weighted by Gasteiger charge is 2.18. The molecule has 1 aliphatic rings. The molecule has 1 heterocycles. The molecule has 0 aliphatic carbocycles. The monoisotopic (exact) mass is 292 g/mol. The summed E-state index contributed by atoms with van der Waals surface area (Å²) in [4.78, 5) is 2.56. The Hall–Kier alpha value is -0.940. The van der Waals surface area contributed by atoms with Gasteiger partial charge in [-0.2, -0.15) is 0 Å². The minimum absolute atomic E-state index is 0.111. The van der Waals surface area contributed by atoms with Gasteiger partial charge in [0.25, 0.3) is 0 Å². The predicted molar refractivity (Wildman–Crippen MR) is 85.5 cm³/mol. The Balaban J connectivity index is 1.54. The molecule has 1 aromatic rings. The van der Waals surface area contributed by atoms with Crippen molar-refractivity contribution in [3.05, 3.63) is 35.9 Å². The van der Waals surface area contributed by atoms with E-state index in [1.54, 1.807) is 0 Å². The van der Waals surface area contributed by atoms with Crippen molar-refractivity contribution in [3.63, 3.8) is 0 Å². The molecular weight excluding hydrogens is 264 g/mol. The molecular formula is C17H28N2O2. The van der Waals surface area contributed by atoms with Crippen molar-refractivity contribution in [2.75, 3.05) is 46.0 Å². The number of likely N-dealkylation sites (tertiary alicyclic amines) is 1. The summed E-state index contributed by atoms with van der Waals surface area (Å²) < 4.78 is 5.26. The van der Waals surface area contributed by atoms with E-state index in [-0.39, 0.29) is 6.61 Å². The van der Waals surface area contributed by atoms with Crippen LogP contribution in [0.5, 0.6) is 0 Å². The van der Waals surface area contributed by atoms with Crippen molar-refractivity contribution in [1.29, 1.82) is 0 Å². The maximum atomic E-state index is 8.63. The zero-order valence-corrected chi connectivity index (χ0v) is 12.8. The number of nitrogens with one attached hydrogen (secondary N) is 1. The maximum absolute atomic E-state index is 8.63. The first-order valence-corrected chi connectivity index (χ1v) is 8.07. The van der Waals surface area contributed by atoms with E-state index in [0.29, 0.717) is 19.3 Å². The Bertz CT molecular complexity index is 364. The highest BCUT2D eigenvalue weighted by atomic mass is 16.5. The molecule has 0 atom stereocenters. The van der Waals surface area contributed by atoms with Crippen molar-refractivity contribution in [2.45, 2.75) is 25.3 Å². The highest BCUT2D eigenvalue weighted by molar-refractivity contribution is 5.14. The summed E-state index contributed by atoms with van der Waals surface area (Å²) in [6.45, 7) is 5.66. The molecule has 4 nitrogen and oxygen atoms in total. The summed E-state index contributed by atoms with van der Waals surface area (Å²) in [5.74, 6) is 0. The zero-order valence-electron chi connectivity index (χ0n) is 12.8. The van der Waals surface area contributed by atoms with Gasteiger partial charge in [0.05, 0.1) is 19.8 Å². The molecule has 1 fully saturated rings. The Labute approximate surface area is 128 Å². The Kier molecular flexibility index (Phi) is 7.75. The second-order valence-corrected chi connectivity index (χ2v) is 5.64. The van der Waals surface area contributed by atoms with Gasteiger partial charge in [0.1, 0.15) is 0 Å². The SMILES string of the molecule is OCCOCCNC1CCN(CCc2ccccc2)CC1. The van der Waals surface area contributed by atoms with Crippen LogP contribution in [0.1, 0.15) is 18.4 Å². The van der Waals surface area contributed by atoms with Gasteiger partial charge in [-0.15, -0.1) is 0 Å². The van der Waals surface area contributed by atoms with Crippen LogP contribution in [-0.2, 0) is 11.2 Å². The first kappa shape index (κ1) is 16.4. The van der Waals surface area contributed by atoms with Crippen LogP contribution in [-0.4, -0.2) is 62.0 Å². The molecule has 1 aliphatic heterocycles. The average Bonchev–Trinajstić information content (AvgIpc) is 2.55. The number of hydrogen-bond donors (Lipinski definition) is 2. The Morgan fingerprint density at radius 2 is 1.90 bits per heavy atom. The summed E-state index contributed by atoms with van der Waals surface area (Å²) in [6, 6.07) is 11.3. The van der Waals surface area contributed by atoms with E-state index in [1.807, 2.05) is 0 Å². The fourth-order valence-electron chi connectivity index (χ4n) is 2.79. The third kappa shape index (κ3) is 6.57. The molecule has 0 spiro atoms. The van der Waals surface area contributed by atoms with Gasteiger partial charge in [-0.1, -0.05) is 30.3 Å². The molecule has 2 N–H and O–H groups in total. The minimum Gasteiger partial charge on any atom is -0.394 e. The number of benzene rings is 1. The van der Waals surface area contributed by atoms with E-state index in [2.05, 4.69) is 40.5 Å². The minimum atomic E-state index is 0.111. The summed E-state index contributed by atoms with van der Waals surface area (Å²) in [5, 5.41) is 12.2. The van der Waals surface area contributed by atoms with Crippen LogP contribution in [0.4, 0.5) is 0 Å². The number of aliphatic hydroxyl groups excluding tert-OH is 1. The van der Waals surface area contributed by atoms with Crippen molar-refractivity contribution in [1.82, 2.24) is 10.2 Å². The van der Waals surface area contributed by atoms with Crippen LogP contribution in [0.25, 0.3) is 0 Å². The van der Waals surface area contributed by atoms with Crippen LogP contribution >= 0.6 is 0 Å².